The van der Waals surface area contributed by atoms with Crippen molar-refractivity contribution in [1.82, 2.24) is 10.2 Å². The van der Waals surface area contributed by atoms with Crippen LogP contribution in [0.2, 0.25) is 0 Å². The summed E-state index contributed by atoms with van der Waals surface area (Å²) in [5, 5.41) is 3.49. The second-order valence-electron chi connectivity index (χ2n) is 5.81. The van der Waals surface area contributed by atoms with Crippen LogP contribution in [0.5, 0.6) is 0 Å². The molecule has 1 unspecified atom stereocenters. The molecule has 19 heavy (non-hydrogen) atoms. The van der Waals surface area contributed by atoms with Crippen molar-refractivity contribution in [3.63, 3.8) is 0 Å². The van der Waals surface area contributed by atoms with Crippen LogP contribution in [0.15, 0.2) is 0 Å². The number of likely N-dealkylation sites (N-methyl/N-ethyl adjacent to an activating group) is 1. The van der Waals surface area contributed by atoms with E-state index in [4.69, 9.17) is 0 Å². The second-order valence-corrected chi connectivity index (χ2v) is 5.81. The SMILES string of the molecule is CCNC(CN1C(=O)CCCCC1=O)C1CCCC1. The van der Waals surface area contributed by atoms with Gasteiger partial charge in [0, 0.05) is 25.4 Å². The van der Waals surface area contributed by atoms with Crippen molar-refractivity contribution >= 4 is 11.8 Å². The maximum absolute atomic E-state index is 12.1. The molecule has 0 spiro atoms. The standard InChI is InChI=1S/C15H26N2O2/c1-2-16-13(12-7-3-4-8-12)11-17-14(18)9-5-6-10-15(17)19/h12-13,16H,2-11H2,1H3. The van der Waals surface area contributed by atoms with E-state index >= 15 is 0 Å². The van der Waals surface area contributed by atoms with E-state index in [1.165, 1.54) is 30.6 Å². The van der Waals surface area contributed by atoms with E-state index in [-0.39, 0.29) is 11.8 Å². The van der Waals surface area contributed by atoms with Crippen LogP contribution in [-0.2, 0) is 9.59 Å². The Kier molecular flexibility index (Phi) is 5.37. The van der Waals surface area contributed by atoms with Gasteiger partial charge in [-0.25, -0.2) is 0 Å². The summed E-state index contributed by atoms with van der Waals surface area (Å²) in [5.74, 6) is 0.690. The highest BCUT2D eigenvalue weighted by molar-refractivity contribution is 5.96. The average Bonchev–Trinajstić information content (AvgIpc) is 2.88. The number of nitrogens with one attached hydrogen (secondary N) is 1. The number of hydrogen-bond donors (Lipinski definition) is 1. The summed E-state index contributed by atoms with van der Waals surface area (Å²) in [7, 11) is 0. The monoisotopic (exact) mass is 266 g/mol. The lowest BCUT2D eigenvalue weighted by Gasteiger charge is -2.29. The van der Waals surface area contributed by atoms with Crippen LogP contribution in [0.1, 0.15) is 58.3 Å². The van der Waals surface area contributed by atoms with Crippen LogP contribution >= 0.6 is 0 Å². The summed E-state index contributed by atoms with van der Waals surface area (Å²) in [6.07, 6.45) is 7.82. The van der Waals surface area contributed by atoms with Gasteiger partial charge in [-0.15, -0.1) is 0 Å². The van der Waals surface area contributed by atoms with Gasteiger partial charge in [0.05, 0.1) is 0 Å². The molecule has 0 aromatic rings. The first-order valence-electron chi connectivity index (χ1n) is 7.79. The normalized spacial score (nSPS) is 23.7. The number of hydrogen-bond acceptors (Lipinski definition) is 3. The van der Waals surface area contributed by atoms with Crippen molar-refractivity contribution in [2.24, 2.45) is 5.92 Å². The molecular formula is C15H26N2O2. The highest BCUT2D eigenvalue weighted by Crippen LogP contribution is 2.28. The zero-order chi connectivity index (χ0) is 13.7. The van der Waals surface area contributed by atoms with Crippen molar-refractivity contribution in [3.8, 4) is 0 Å². The van der Waals surface area contributed by atoms with Crippen LogP contribution in [-0.4, -0.2) is 35.8 Å². The third kappa shape index (κ3) is 3.78. The molecule has 0 aromatic heterocycles. The van der Waals surface area contributed by atoms with E-state index < -0.39 is 0 Å². The molecule has 1 atom stereocenters. The van der Waals surface area contributed by atoms with E-state index in [9.17, 15) is 9.59 Å². The van der Waals surface area contributed by atoms with Gasteiger partial charge in [-0.05, 0) is 38.1 Å². The molecular weight excluding hydrogens is 240 g/mol. The van der Waals surface area contributed by atoms with Gasteiger partial charge in [0.25, 0.3) is 0 Å². The maximum atomic E-state index is 12.1. The number of amides is 2. The van der Waals surface area contributed by atoms with Gasteiger partial charge in [-0.1, -0.05) is 19.8 Å². The molecule has 1 aliphatic carbocycles. The van der Waals surface area contributed by atoms with Gasteiger partial charge in [0.2, 0.25) is 11.8 Å². The predicted molar refractivity (Wildman–Crippen MR) is 74.6 cm³/mol. The third-order valence-electron chi connectivity index (χ3n) is 4.45. The van der Waals surface area contributed by atoms with Crippen molar-refractivity contribution in [3.05, 3.63) is 0 Å². The molecule has 1 N–H and O–H groups in total. The Labute approximate surface area is 115 Å². The lowest BCUT2D eigenvalue weighted by molar-refractivity contribution is -0.144. The molecule has 0 aromatic carbocycles. The van der Waals surface area contributed by atoms with Crippen molar-refractivity contribution < 1.29 is 9.59 Å². The van der Waals surface area contributed by atoms with Crippen molar-refractivity contribution in [1.29, 1.82) is 0 Å². The molecule has 2 fully saturated rings. The molecule has 1 aliphatic heterocycles. The minimum Gasteiger partial charge on any atom is -0.312 e. The molecule has 2 aliphatic rings. The Bertz CT molecular complexity index is 306. The molecule has 2 amide bonds. The fourth-order valence-electron chi connectivity index (χ4n) is 3.36. The van der Waals surface area contributed by atoms with Gasteiger partial charge in [-0.2, -0.15) is 0 Å². The fraction of sp³-hybridized carbons (Fsp3) is 0.867. The summed E-state index contributed by atoms with van der Waals surface area (Å²) < 4.78 is 0. The van der Waals surface area contributed by atoms with Gasteiger partial charge < -0.3 is 5.32 Å². The van der Waals surface area contributed by atoms with E-state index in [0.717, 1.165) is 19.4 Å². The first-order valence-corrected chi connectivity index (χ1v) is 7.79. The smallest absolute Gasteiger partial charge is 0.229 e. The Morgan fingerprint density at radius 1 is 1.11 bits per heavy atom. The summed E-state index contributed by atoms with van der Waals surface area (Å²) in [4.78, 5) is 25.6. The van der Waals surface area contributed by atoms with Crippen molar-refractivity contribution in [2.75, 3.05) is 13.1 Å². The molecule has 1 saturated heterocycles. The maximum Gasteiger partial charge on any atom is 0.229 e. The van der Waals surface area contributed by atoms with E-state index in [2.05, 4.69) is 12.2 Å². The molecule has 0 radical (unpaired) electrons. The number of likely N-dealkylation sites (tertiary alicyclic amines) is 1. The number of imide groups is 1. The van der Waals surface area contributed by atoms with Gasteiger partial charge in [0.15, 0.2) is 0 Å². The Morgan fingerprint density at radius 3 is 2.21 bits per heavy atom. The van der Waals surface area contributed by atoms with Gasteiger partial charge in [-0.3, -0.25) is 14.5 Å². The topological polar surface area (TPSA) is 49.4 Å². The first-order chi connectivity index (χ1) is 9.22. The zero-order valence-electron chi connectivity index (χ0n) is 12.0. The van der Waals surface area contributed by atoms with E-state index in [1.807, 2.05) is 0 Å². The molecule has 1 saturated carbocycles. The van der Waals surface area contributed by atoms with Crippen LogP contribution in [0.4, 0.5) is 0 Å². The third-order valence-corrected chi connectivity index (χ3v) is 4.45. The quantitative estimate of drug-likeness (QED) is 0.775. The van der Waals surface area contributed by atoms with Gasteiger partial charge in [0.1, 0.15) is 0 Å². The minimum atomic E-state index is 0.0309. The lowest BCUT2D eigenvalue weighted by atomic mass is 9.97. The highest BCUT2D eigenvalue weighted by atomic mass is 16.2. The predicted octanol–water partition coefficient (Wildman–Crippen LogP) is 2.08. The van der Waals surface area contributed by atoms with E-state index in [1.54, 1.807) is 0 Å². The van der Waals surface area contributed by atoms with Gasteiger partial charge >= 0.3 is 0 Å². The summed E-state index contributed by atoms with van der Waals surface area (Å²) in [6, 6.07) is 0.290. The highest BCUT2D eigenvalue weighted by Gasteiger charge is 2.31. The fourth-order valence-corrected chi connectivity index (χ4v) is 3.36. The van der Waals surface area contributed by atoms with Crippen LogP contribution < -0.4 is 5.32 Å². The van der Waals surface area contributed by atoms with Crippen molar-refractivity contribution in [2.45, 2.75) is 64.3 Å². The molecule has 0 bridgehead atoms. The number of carbonyl (C=O) groups is 2. The lowest BCUT2D eigenvalue weighted by Crippen LogP contribution is -2.48. The Hall–Kier alpha value is -0.900. The van der Waals surface area contributed by atoms with E-state index in [0.29, 0.717) is 31.3 Å². The number of carbonyl (C=O) groups excluding carboxylic acids is 2. The summed E-state index contributed by atoms with van der Waals surface area (Å²) >= 11 is 0. The summed E-state index contributed by atoms with van der Waals surface area (Å²) in [6.45, 7) is 3.57. The molecule has 4 heteroatoms. The molecule has 108 valence electrons. The van der Waals surface area contributed by atoms with Crippen LogP contribution in [0, 0.1) is 5.92 Å². The minimum absolute atomic E-state index is 0.0309. The first kappa shape index (κ1) is 14.5. The van der Waals surface area contributed by atoms with Crippen LogP contribution in [0.25, 0.3) is 0 Å². The average molecular weight is 266 g/mol. The summed E-state index contributed by atoms with van der Waals surface area (Å²) in [5.41, 5.74) is 0. The largest absolute Gasteiger partial charge is 0.312 e. The molecule has 2 rings (SSSR count). The number of rotatable bonds is 5. The Morgan fingerprint density at radius 2 is 1.68 bits per heavy atom. The second kappa shape index (κ2) is 7.04. The molecule has 4 nitrogen and oxygen atoms in total. The molecule has 1 heterocycles. The van der Waals surface area contributed by atoms with Crippen LogP contribution in [0.3, 0.4) is 0 Å². The number of nitrogens with zero attached hydrogens (tertiary/aromatic N) is 1. The zero-order valence-corrected chi connectivity index (χ0v) is 12.0. The Balaban J connectivity index is 2.01.